The molecule has 1 atom stereocenters. The van der Waals surface area contributed by atoms with Crippen LogP contribution in [0.2, 0.25) is 0 Å². The minimum absolute atomic E-state index is 0.0931. The Morgan fingerprint density at radius 3 is 2.42 bits per heavy atom. The van der Waals surface area contributed by atoms with Crippen LogP contribution in [0, 0.1) is 5.92 Å². The van der Waals surface area contributed by atoms with Gasteiger partial charge in [-0.3, -0.25) is 9.59 Å². The molecule has 1 heterocycles. The number of Topliss-reactive ketones (excluding diaryl/α,β-unsaturated/α-hetero) is 1. The predicted molar refractivity (Wildman–Crippen MR) is 128 cm³/mol. The Labute approximate surface area is 195 Å². The number of ether oxygens (including phenoxy) is 2. The standard InChI is InChI=1S/C27H33NO5/c1-18(2)17-33-22-13-8-12-21(16-22)25(29)23-24(20-10-6-5-7-11-20)28(27(31)26(23)30)14-9-15-32-19(3)4/h5-8,10-13,16,18-19,24,29H,9,14-15,17H2,1-4H3/b25-23-. The molecule has 3 rings (SSSR count). The summed E-state index contributed by atoms with van der Waals surface area (Å²) in [5, 5.41) is 11.2. The topological polar surface area (TPSA) is 76.1 Å². The van der Waals surface area contributed by atoms with Gasteiger partial charge in [0.2, 0.25) is 0 Å². The number of aliphatic hydroxyl groups excluding tert-OH is 1. The Morgan fingerprint density at radius 1 is 1.03 bits per heavy atom. The highest BCUT2D eigenvalue weighted by Gasteiger charge is 2.45. The molecule has 1 unspecified atom stereocenters. The van der Waals surface area contributed by atoms with Gasteiger partial charge in [0, 0.05) is 18.7 Å². The van der Waals surface area contributed by atoms with Gasteiger partial charge in [-0.2, -0.15) is 0 Å². The van der Waals surface area contributed by atoms with Gasteiger partial charge < -0.3 is 19.5 Å². The molecule has 176 valence electrons. The summed E-state index contributed by atoms with van der Waals surface area (Å²) in [5.41, 5.74) is 1.31. The van der Waals surface area contributed by atoms with Crippen LogP contribution in [0.3, 0.4) is 0 Å². The van der Waals surface area contributed by atoms with Gasteiger partial charge in [0.05, 0.1) is 24.3 Å². The SMILES string of the molecule is CC(C)COc1cccc(/C(O)=C2/C(=O)C(=O)N(CCCOC(C)C)C2c2ccccc2)c1. The third-order valence-corrected chi connectivity index (χ3v) is 5.34. The Kier molecular flexibility index (Phi) is 8.28. The van der Waals surface area contributed by atoms with E-state index in [1.54, 1.807) is 24.3 Å². The molecule has 2 aromatic rings. The highest BCUT2D eigenvalue weighted by molar-refractivity contribution is 6.46. The average molecular weight is 452 g/mol. The lowest BCUT2D eigenvalue weighted by Crippen LogP contribution is -2.31. The molecule has 1 aliphatic rings. The number of likely N-dealkylation sites (tertiary alicyclic amines) is 1. The van der Waals surface area contributed by atoms with Crippen LogP contribution in [-0.4, -0.2) is 47.6 Å². The van der Waals surface area contributed by atoms with Gasteiger partial charge in [-0.25, -0.2) is 0 Å². The first-order valence-corrected chi connectivity index (χ1v) is 11.5. The molecule has 33 heavy (non-hydrogen) atoms. The number of carbonyl (C=O) groups excluding carboxylic acids is 2. The summed E-state index contributed by atoms with van der Waals surface area (Å²) >= 11 is 0. The summed E-state index contributed by atoms with van der Waals surface area (Å²) in [4.78, 5) is 27.6. The molecular formula is C27H33NO5. The van der Waals surface area contributed by atoms with E-state index in [0.29, 0.717) is 43.4 Å². The van der Waals surface area contributed by atoms with Crippen molar-refractivity contribution >= 4 is 17.4 Å². The number of amides is 1. The van der Waals surface area contributed by atoms with Crippen molar-refractivity contribution in [1.82, 2.24) is 4.90 Å². The van der Waals surface area contributed by atoms with Gasteiger partial charge >= 0.3 is 0 Å². The largest absolute Gasteiger partial charge is 0.507 e. The van der Waals surface area contributed by atoms with Gasteiger partial charge in [-0.05, 0) is 43.9 Å². The van der Waals surface area contributed by atoms with Crippen molar-refractivity contribution < 1.29 is 24.2 Å². The zero-order chi connectivity index (χ0) is 24.0. The van der Waals surface area contributed by atoms with Crippen molar-refractivity contribution in [2.45, 2.75) is 46.3 Å². The first-order valence-electron chi connectivity index (χ1n) is 11.5. The first-order chi connectivity index (χ1) is 15.8. The quantitative estimate of drug-likeness (QED) is 0.239. The number of hydrogen-bond donors (Lipinski definition) is 1. The second-order valence-corrected chi connectivity index (χ2v) is 8.91. The number of benzene rings is 2. The van der Waals surface area contributed by atoms with Crippen LogP contribution in [0.1, 0.15) is 51.3 Å². The number of aliphatic hydroxyl groups is 1. The lowest BCUT2D eigenvalue weighted by Gasteiger charge is -2.25. The molecule has 0 saturated carbocycles. The van der Waals surface area contributed by atoms with Crippen molar-refractivity contribution in [2.24, 2.45) is 5.92 Å². The van der Waals surface area contributed by atoms with Crippen LogP contribution in [0.25, 0.3) is 5.76 Å². The van der Waals surface area contributed by atoms with Crippen molar-refractivity contribution in [3.63, 3.8) is 0 Å². The maximum Gasteiger partial charge on any atom is 0.295 e. The molecule has 0 spiro atoms. The Bertz CT molecular complexity index is 997. The molecule has 0 bridgehead atoms. The second-order valence-electron chi connectivity index (χ2n) is 8.91. The van der Waals surface area contributed by atoms with Gasteiger partial charge in [0.1, 0.15) is 11.5 Å². The van der Waals surface area contributed by atoms with Crippen LogP contribution in [0.4, 0.5) is 0 Å². The van der Waals surface area contributed by atoms with E-state index < -0.39 is 17.7 Å². The Hall–Kier alpha value is -3.12. The fraction of sp³-hybridized carbons (Fsp3) is 0.407. The Balaban J connectivity index is 1.97. The molecule has 1 N–H and O–H groups in total. The highest BCUT2D eigenvalue weighted by atomic mass is 16.5. The lowest BCUT2D eigenvalue weighted by molar-refractivity contribution is -0.140. The second kappa shape index (κ2) is 11.1. The third kappa shape index (κ3) is 6.02. The molecule has 0 aromatic heterocycles. The molecule has 0 radical (unpaired) electrons. The number of hydrogen-bond acceptors (Lipinski definition) is 5. The fourth-order valence-electron chi connectivity index (χ4n) is 3.80. The number of carbonyl (C=O) groups is 2. The summed E-state index contributed by atoms with van der Waals surface area (Å²) in [7, 11) is 0. The van der Waals surface area contributed by atoms with Crippen LogP contribution < -0.4 is 4.74 Å². The van der Waals surface area contributed by atoms with Crippen molar-refractivity contribution in [3.8, 4) is 5.75 Å². The molecule has 1 amide bonds. The monoisotopic (exact) mass is 451 g/mol. The minimum Gasteiger partial charge on any atom is -0.507 e. The van der Waals surface area contributed by atoms with E-state index >= 15 is 0 Å². The number of nitrogens with zero attached hydrogens (tertiary/aromatic N) is 1. The van der Waals surface area contributed by atoms with Crippen LogP contribution in [0.15, 0.2) is 60.2 Å². The maximum atomic E-state index is 13.1. The molecule has 0 aliphatic carbocycles. The molecule has 1 aliphatic heterocycles. The molecule has 1 fully saturated rings. The zero-order valence-electron chi connectivity index (χ0n) is 19.8. The summed E-state index contributed by atoms with van der Waals surface area (Å²) in [6.45, 7) is 9.39. The first kappa shape index (κ1) is 24.5. The predicted octanol–water partition coefficient (Wildman–Crippen LogP) is 4.96. The van der Waals surface area contributed by atoms with Crippen LogP contribution >= 0.6 is 0 Å². The van der Waals surface area contributed by atoms with Crippen LogP contribution in [0.5, 0.6) is 5.75 Å². The van der Waals surface area contributed by atoms with E-state index in [1.807, 2.05) is 44.2 Å². The summed E-state index contributed by atoms with van der Waals surface area (Å²) in [6.07, 6.45) is 0.683. The maximum absolute atomic E-state index is 13.1. The zero-order valence-corrected chi connectivity index (χ0v) is 19.8. The minimum atomic E-state index is -0.681. The normalized spacial score (nSPS) is 17.9. The summed E-state index contributed by atoms with van der Waals surface area (Å²) in [6, 6.07) is 15.6. The van der Waals surface area contributed by atoms with Gasteiger partial charge in [0.25, 0.3) is 11.7 Å². The van der Waals surface area contributed by atoms with Gasteiger partial charge in [0.15, 0.2) is 0 Å². The van der Waals surface area contributed by atoms with Crippen LogP contribution in [-0.2, 0) is 14.3 Å². The number of ketones is 1. The fourth-order valence-corrected chi connectivity index (χ4v) is 3.80. The van der Waals surface area contributed by atoms with Gasteiger partial charge in [-0.15, -0.1) is 0 Å². The summed E-state index contributed by atoms with van der Waals surface area (Å²) in [5.74, 6) is -0.533. The third-order valence-electron chi connectivity index (χ3n) is 5.34. The van der Waals surface area contributed by atoms with E-state index in [-0.39, 0.29) is 17.4 Å². The number of rotatable bonds is 10. The van der Waals surface area contributed by atoms with Crippen molar-refractivity contribution in [1.29, 1.82) is 0 Å². The molecule has 6 heteroatoms. The smallest absolute Gasteiger partial charge is 0.295 e. The van der Waals surface area contributed by atoms with E-state index in [9.17, 15) is 14.7 Å². The summed E-state index contributed by atoms with van der Waals surface area (Å²) < 4.78 is 11.4. The lowest BCUT2D eigenvalue weighted by atomic mass is 9.95. The van der Waals surface area contributed by atoms with E-state index in [1.165, 1.54) is 4.90 Å². The molecular weight excluding hydrogens is 418 g/mol. The van der Waals surface area contributed by atoms with Gasteiger partial charge in [-0.1, -0.05) is 56.3 Å². The molecule has 2 aromatic carbocycles. The highest BCUT2D eigenvalue weighted by Crippen LogP contribution is 2.39. The molecule has 1 saturated heterocycles. The average Bonchev–Trinajstić information content (AvgIpc) is 3.05. The van der Waals surface area contributed by atoms with Crippen molar-refractivity contribution in [3.05, 3.63) is 71.3 Å². The van der Waals surface area contributed by atoms with E-state index in [2.05, 4.69) is 13.8 Å². The molecule has 6 nitrogen and oxygen atoms in total. The Morgan fingerprint density at radius 2 is 1.76 bits per heavy atom. The van der Waals surface area contributed by atoms with Crippen molar-refractivity contribution in [2.75, 3.05) is 19.8 Å². The van der Waals surface area contributed by atoms with E-state index in [4.69, 9.17) is 9.47 Å². The van der Waals surface area contributed by atoms with E-state index in [0.717, 1.165) is 5.56 Å².